The Labute approximate surface area is 216 Å². The van der Waals surface area contributed by atoms with Crippen molar-refractivity contribution in [3.63, 3.8) is 0 Å². The molecule has 0 atom stereocenters. The molecule has 192 valence electrons. The number of amides is 1. The van der Waals surface area contributed by atoms with E-state index in [2.05, 4.69) is 58.6 Å². The number of nitrogens with one attached hydrogen (secondary N) is 2. The molecule has 4 rings (SSSR count). The molecule has 1 saturated carbocycles. The molecule has 0 unspecified atom stereocenters. The molecule has 0 spiro atoms. The van der Waals surface area contributed by atoms with Crippen molar-refractivity contribution in [3.8, 4) is 0 Å². The van der Waals surface area contributed by atoms with Gasteiger partial charge in [-0.25, -0.2) is 0 Å². The van der Waals surface area contributed by atoms with Crippen LogP contribution in [0.2, 0.25) is 0 Å². The minimum Gasteiger partial charge on any atom is -0.380 e. The van der Waals surface area contributed by atoms with E-state index in [-0.39, 0.29) is 5.91 Å². The maximum absolute atomic E-state index is 13.0. The molecule has 0 bridgehead atoms. The monoisotopic (exact) mass is 488 g/mol. The number of anilines is 1. The van der Waals surface area contributed by atoms with Crippen LogP contribution in [-0.4, -0.2) is 37.4 Å². The lowest BCUT2D eigenvalue weighted by atomic mass is 9.76. The summed E-state index contributed by atoms with van der Waals surface area (Å²) in [6, 6.07) is 7.17. The van der Waals surface area contributed by atoms with Gasteiger partial charge in [-0.3, -0.25) is 4.79 Å². The molecule has 1 aromatic rings. The molecule has 0 saturated heterocycles. The smallest absolute Gasteiger partial charge is 0.293 e. The van der Waals surface area contributed by atoms with Gasteiger partial charge < -0.3 is 20.2 Å². The summed E-state index contributed by atoms with van der Waals surface area (Å²) in [5.74, 6) is 0.633. The molecular formula is C30H40N4O2. The van der Waals surface area contributed by atoms with Crippen LogP contribution in [0.15, 0.2) is 41.2 Å². The number of hydrogen-bond donors (Lipinski definition) is 2. The number of aliphatic imine (C=N–C) groups is 1. The van der Waals surface area contributed by atoms with Crippen molar-refractivity contribution >= 4 is 22.9 Å². The lowest BCUT2D eigenvalue weighted by Crippen LogP contribution is -2.35. The Morgan fingerprint density at radius 3 is 2.69 bits per heavy atom. The summed E-state index contributed by atoms with van der Waals surface area (Å²) in [7, 11) is 0. The molecule has 1 aliphatic heterocycles. The fourth-order valence-corrected chi connectivity index (χ4v) is 5.45. The third kappa shape index (κ3) is 6.72. The topological polar surface area (TPSA) is 67.1 Å². The molecule has 0 radical (unpaired) electrons. The summed E-state index contributed by atoms with van der Waals surface area (Å²) in [5, 5.41) is 6.77. The summed E-state index contributed by atoms with van der Waals surface area (Å²) in [5.41, 5.74) is 5.41. The van der Waals surface area contributed by atoms with Crippen LogP contribution in [0.3, 0.4) is 0 Å². The first-order valence-electron chi connectivity index (χ1n) is 13.5. The van der Waals surface area contributed by atoms with E-state index in [0.29, 0.717) is 35.3 Å². The van der Waals surface area contributed by atoms with Gasteiger partial charge in [0.25, 0.3) is 11.7 Å². The van der Waals surface area contributed by atoms with E-state index in [4.69, 9.17) is 11.3 Å². The average Bonchev–Trinajstić information content (AvgIpc) is 3.37. The SMILES string of the molecule is [C-]#[N+]C1=CCC(C(=O)Nc2ccc(C3CCC(NCCOCC)CC3)cc2C2=CCC(C)(C)CC2)=N1. The second kappa shape index (κ2) is 12.0. The second-order valence-electron chi connectivity index (χ2n) is 11.0. The molecule has 3 aliphatic rings. The maximum atomic E-state index is 13.0. The first kappa shape index (κ1) is 26.3. The lowest BCUT2D eigenvalue weighted by molar-refractivity contribution is -0.110. The normalized spacial score (nSPS) is 23.3. The van der Waals surface area contributed by atoms with Crippen molar-refractivity contribution in [1.29, 1.82) is 0 Å². The number of hydrogen-bond acceptors (Lipinski definition) is 4. The number of nitrogens with zero attached hydrogens (tertiary/aromatic N) is 2. The van der Waals surface area contributed by atoms with Crippen LogP contribution in [0, 0.1) is 12.0 Å². The second-order valence-corrected chi connectivity index (χ2v) is 11.0. The fourth-order valence-electron chi connectivity index (χ4n) is 5.45. The highest BCUT2D eigenvalue weighted by Gasteiger charge is 2.27. The number of ether oxygens (including phenoxy) is 1. The largest absolute Gasteiger partial charge is 0.380 e. The molecule has 0 aromatic heterocycles. The molecule has 36 heavy (non-hydrogen) atoms. The highest BCUT2D eigenvalue weighted by Crippen LogP contribution is 2.42. The molecule has 2 N–H and O–H groups in total. The third-order valence-corrected chi connectivity index (χ3v) is 7.80. The highest BCUT2D eigenvalue weighted by atomic mass is 16.5. The molecule has 1 aromatic carbocycles. The number of rotatable bonds is 9. The van der Waals surface area contributed by atoms with E-state index in [9.17, 15) is 4.79 Å². The predicted octanol–water partition coefficient (Wildman–Crippen LogP) is 6.48. The van der Waals surface area contributed by atoms with Crippen molar-refractivity contribution in [2.45, 2.75) is 84.1 Å². The number of carbonyl (C=O) groups is 1. The molecule has 6 nitrogen and oxygen atoms in total. The zero-order valence-electron chi connectivity index (χ0n) is 22.0. The Morgan fingerprint density at radius 1 is 1.22 bits per heavy atom. The molecule has 1 heterocycles. The Balaban J connectivity index is 1.49. The molecule has 6 heteroatoms. The van der Waals surface area contributed by atoms with Crippen LogP contribution >= 0.6 is 0 Å². The van der Waals surface area contributed by atoms with Crippen LogP contribution in [-0.2, 0) is 9.53 Å². The van der Waals surface area contributed by atoms with E-state index in [0.717, 1.165) is 50.3 Å². The van der Waals surface area contributed by atoms with Gasteiger partial charge in [-0.2, -0.15) is 0 Å². The van der Waals surface area contributed by atoms with E-state index >= 15 is 0 Å². The van der Waals surface area contributed by atoms with Crippen molar-refractivity contribution in [1.82, 2.24) is 5.32 Å². The van der Waals surface area contributed by atoms with Crippen molar-refractivity contribution in [2.24, 2.45) is 10.4 Å². The van der Waals surface area contributed by atoms with Gasteiger partial charge >= 0.3 is 0 Å². The number of benzene rings is 1. The summed E-state index contributed by atoms with van der Waals surface area (Å²) in [6.07, 6.45) is 12.4. The van der Waals surface area contributed by atoms with Crippen molar-refractivity contribution in [2.75, 3.05) is 25.1 Å². The fraction of sp³-hybridized carbons (Fsp3) is 0.567. The third-order valence-electron chi connectivity index (χ3n) is 7.80. The Morgan fingerprint density at radius 2 is 2.03 bits per heavy atom. The van der Waals surface area contributed by atoms with E-state index in [1.807, 2.05) is 6.92 Å². The minimum absolute atomic E-state index is 0.214. The van der Waals surface area contributed by atoms with E-state index in [1.165, 1.54) is 36.8 Å². The minimum atomic E-state index is -0.214. The van der Waals surface area contributed by atoms with Crippen molar-refractivity contribution in [3.05, 3.63) is 58.7 Å². The van der Waals surface area contributed by atoms with Crippen LogP contribution in [0.4, 0.5) is 5.69 Å². The zero-order chi connectivity index (χ0) is 25.5. The first-order chi connectivity index (χ1) is 17.4. The van der Waals surface area contributed by atoms with Gasteiger partial charge in [0.05, 0.1) is 6.61 Å². The highest BCUT2D eigenvalue weighted by molar-refractivity contribution is 6.44. The van der Waals surface area contributed by atoms with Gasteiger partial charge in [-0.15, -0.1) is 4.99 Å². The average molecular weight is 489 g/mol. The molecule has 2 aliphatic carbocycles. The van der Waals surface area contributed by atoms with Crippen LogP contribution in [0.1, 0.15) is 89.2 Å². The molecule has 1 amide bonds. The Kier molecular flexibility index (Phi) is 8.77. The Hall–Kier alpha value is -2.75. The molecular weight excluding hydrogens is 448 g/mol. The van der Waals surface area contributed by atoms with Gasteiger partial charge in [0.15, 0.2) is 5.71 Å². The quantitative estimate of drug-likeness (QED) is 0.309. The summed E-state index contributed by atoms with van der Waals surface area (Å²) < 4.78 is 5.46. The van der Waals surface area contributed by atoms with Crippen LogP contribution < -0.4 is 10.6 Å². The van der Waals surface area contributed by atoms with E-state index < -0.39 is 0 Å². The van der Waals surface area contributed by atoms with Gasteiger partial charge in [-0.1, -0.05) is 38.6 Å². The first-order valence-corrected chi connectivity index (χ1v) is 13.5. The summed E-state index contributed by atoms with van der Waals surface area (Å²) in [6.45, 7) is 16.3. The zero-order valence-corrected chi connectivity index (χ0v) is 22.0. The summed E-state index contributed by atoms with van der Waals surface area (Å²) >= 11 is 0. The van der Waals surface area contributed by atoms with Crippen LogP contribution in [0.5, 0.6) is 0 Å². The number of allylic oxidation sites excluding steroid dienone is 3. The molecule has 1 fully saturated rings. The van der Waals surface area contributed by atoms with Crippen molar-refractivity contribution < 1.29 is 9.53 Å². The van der Waals surface area contributed by atoms with Gasteiger partial charge in [0, 0.05) is 36.9 Å². The maximum Gasteiger partial charge on any atom is 0.293 e. The standard InChI is InChI=1S/C30H40N4O2/c1-5-36-19-18-32-24-9-6-21(7-10-24)23-8-11-26(34-29(35)27-12-13-28(31-4)33-27)25(20-23)22-14-16-30(2,3)17-15-22/h8,11,13-14,20-21,24,32H,5-7,9-10,12,15-19H2,1-3H3,(H,34,35). The number of carbonyl (C=O) groups excluding carboxylic acids is 1. The van der Waals surface area contributed by atoms with Gasteiger partial charge in [-0.05, 0) is 86.5 Å². The lowest BCUT2D eigenvalue weighted by Gasteiger charge is -2.31. The summed E-state index contributed by atoms with van der Waals surface area (Å²) in [4.78, 5) is 20.5. The van der Waals surface area contributed by atoms with Crippen LogP contribution in [0.25, 0.3) is 10.4 Å². The predicted molar refractivity (Wildman–Crippen MR) is 147 cm³/mol. The van der Waals surface area contributed by atoms with E-state index in [1.54, 1.807) is 6.08 Å². The van der Waals surface area contributed by atoms with Gasteiger partial charge in [0.1, 0.15) is 0 Å². The van der Waals surface area contributed by atoms with Gasteiger partial charge in [0.2, 0.25) is 0 Å². The Bertz CT molecular complexity index is 1080.